The Morgan fingerprint density at radius 1 is 1.30 bits per heavy atom. The van der Waals surface area contributed by atoms with Gasteiger partial charge >= 0.3 is 0 Å². The van der Waals surface area contributed by atoms with E-state index >= 15 is 0 Å². The zero-order chi connectivity index (χ0) is 14.1. The lowest BCUT2D eigenvalue weighted by molar-refractivity contribution is 0.109. The third kappa shape index (κ3) is 2.53. The molecule has 20 heavy (non-hydrogen) atoms. The first-order valence-electron chi connectivity index (χ1n) is 7.15. The molecule has 1 N–H and O–H groups in total. The lowest BCUT2D eigenvalue weighted by atomic mass is 10.0. The Hall–Kier alpha value is -1.52. The molecule has 0 saturated carbocycles. The smallest absolute Gasteiger partial charge is 0.124 e. The van der Waals surface area contributed by atoms with Gasteiger partial charge in [0.15, 0.2) is 0 Å². The molecular weight excluding hydrogens is 253 g/mol. The van der Waals surface area contributed by atoms with Gasteiger partial charge in [-0.2, -0.15) is 0 Å². The molecule has 3 rings (SSSR count). The third-order valence-electron chi connectivity index (χ3n) is 4.11. The summed E-state index contributed by atoms with van der Waals surface area (Å²) in [7, 11) is 0. The summed E-state index contributed by atoms with van der Waals surface area (Å²) < 4.78 is 13.8. The lowest BCUT2D eigenvalue weighted by Crippen LogP contribution is -2.54. The van der Waals surface area contributed by atoms with Crippen molar-refractivity contribution in [3.63, 3.8) is 0 Å². The first kappa shape index (κ1) is 13.5. The van der Waals surface area contributed by atoms with Gasteiger partial charge in [-0.05, 0) is 37.6 Å². The van der Waals surface area contributed by atoms with E-state index in [-0.39, 0.29) is 5.82 Å². The van der Waals surface area contributed by atoms with Crippen LogP contribution in [0.3, 0.4) is 0 Å². The number of benzene rings is 1. The molecule has 2 atom stereocenters. The first-order valence-corrected chi connectivity index (χ1v) is 7.15. The lowest BCUT2D eigenvalue weighted by Gasteiger charge is -2.39. The van der Waals surface area contributed by atoms with E-state index in [1.165, 1.54) is 0 Å². The number of rotatable bonds is 2. The molecule has 1 aromatic heterocycles. The van der Waals surface area contributed by atoms with Crippen molar-refractivity contribution in [3.05, 3.63) is 41.8 Å². The maximum absolute atomic E-state index is 13.8. The van der Waals surface area contributed by atoms with Gasteiger partial charge in [0.2, 0.25) is 0 Å². The van der Waals surface area contributed by atoms with E-state index in [1.807, 2.05) is 12.1 Å². The Labute approximate surface area is 118 Å². The molecule has 1 saturated heterocycles. The van der Waals surface area contributed by atoms with E-state index in [0.29, 0.717) is 12.1 Å². The summed E-state index contributed by atoms with van der Waals surface area (Å²) in [5.74, 6) is -0.184. The van der Waals surface area contributed by atoms with Crippen LogP contribution in [-0.4, -0.2) is 35.1 Å². The fourth-order valence-corrected chi connectivity index (χ4v) is 3.03. The number of nitrogens with zero attached hydrogens (tertiary/aromatic N) is 2. The Morgan fingerprint density at radius 3 is 2.80 bits per heavy atom. The second-order valence-corrected chi connectivity index (χ2v) is 5.67. The van der Waals surface area contributed by atoms with Crippen molar-refractivity contribution in [2.75, 3.05) is 13.1 Å². The molecule has 0 amide bonds. The molecular formula is C16H20FN3. The number of hydrogen-bond donors (Lipinski definition) is 1. The highest BCUT2D eigenvalue weighted by Crippen LogP contribution is 2.22. The number of nitrogens with one attached hydrogen (secondary N) is 1. The summed E-state index contributed by atoms with van der Waals surface area (Å²) in [6.07, 6.45) is 1.77. The summed E-state index contributed by atoms with van der Waals surface area (Å²) in [4.78, 5) is 6.84. The van der Waals surface area contributed by atoms with Gasteiger partial charge in [0, 0.05) is 43.3 Å². The molecule has 2 aromatic rings. The van der Waals surface area contributed by atoms with Crippen molar-refractivity contribution in [1.82, 2.24) is 15.2 Å². The molecule has 0 spiro atoms. The second kappa shape index (κ2) is 5.46. The van der Waals surface area contributed by atoms with E-state index in [2.05, 4.69) is 29.0 Å². The minimum atomic E-state index is -0.184. The Balaban J connectivity index is 1.97. The van der Waals surface area contributed by atoms with Crippen LogP contribution in [0.15, 0.2) is 30.5 Å². The summed E-state index contributed by atoms with van der Waals surface area (Å²) in [5.41, 5.74) is 1.88. The van der Waals surface area contributed by atoms with Crippen LogP contribution in [-0.2, 0) is 6.54 Å². The van der Waals surface area contributed by atoms with Gasteiger partial charge in [0.1, 0.15) is 5.82 Å². The molecule has 0 radical (unpaired) electrons. The molecule has 0 aliphatic carbocycles. The van der Waals surface area contributed by atoms with Gasteiger partial charge in [0.25, 0.3) is 0 Å². The Morgan fingerprint density at radius 2 is 2.05 bits per heavy atom. The van der Waals surface area contributed by atoms with Gasteiger partial charge in [-0.15, -0.1) is 0 Å². The highest BCUT2D eigenvalue weighted by molar-refractivity contribution is 5.81. The van der Waals surface area contributed by atoms with Gasteiger partial charge in [-0.25, -0.2) is 4.39 Å². The number of aromatic nitrogens is 1. The van der Waals surface area contributed by atoms with Crippen LogP contribution in [0.2, 0.25) is 0 Å². The van der Waals surface area contributed by atoms with Gasteiger partial charge in [-0.1, -0.05) is 6.07 Å². The molecule has 106 valence electrons. The molecule has 1 aliphatic heterocycles. The van der Waals surface area contributed by atoms with E-state index in [0.717, 1.165) is 36.1 Å². The van der Waals surface area contributed by atoms with Crippen molar-refractivity contribution in [1.29, 1.82) is 0 Å². The zero-order valence-electron chi connectivity index (χ0n) is 11.9. The number of hydrogen-bond acceptors (Lipinski definition) is 3. The topological polar surface area (TPSA) is 28.2 Å². The third-order valence-corrected chi connectivity index (χ3v) is 4.11. The summed E-state index contributed by atoms with van der Waals surface area (Å²) >= 11 is 0. The maximum Gasteiger partial charge on any atom is 0.124 e. The fourth-order valence-electron chi connectivity index (χ4n) is 3.03. The average Bonchev–Trinajstić information content (AvgIpc) is 2.42. The standard InChI is InChI=1S/C16H20FN3/c1-11-8-18-9-12(2)20(11)10-14-7-15(17)6-13-4-3-5-19-16(13)14/h3-7,11-12,18H,8-10H2,1-2H3. The van der Waals surface area contributed by atoms with Gasteiger partial charge in [-0.3, -0.25) is 9.88 Å². The number of pyridine rings is 1. The second-order valence-electron chi connectivity index (χ2n) is 5.67. The van der Waals surface area contributed by atoms with Crippen LogP contribution in [0, 0.1) is 5.82 Å². The first-order chi connectivity index (χ1) is 9.65. The number of fused-ring (bicyclic) bond motifs is 1. The van der Waals surface area contributed by atoms with Crippen LogP contribution in [0.5, 0.6) is 0 Å². The van der Waals surface area contributed by atoms with Crippen molar-refractivity contribution < 1.29 is 4.39 Å². The Kier molecular flexibility index (Phi) is 3.68. The SMILES string of the molecule is CC1CNCC(C)N1Cc1cc(F)cc2cccnc12. The number of piperazine rings is 1. The van der Waals surface area contributed by atoms with Crippen molar-refractivity contribution in [2.24, 2.45) is 0 Å². The van der Waals surface area contributed by atoms with Crippen LogP contribution in [0.1, 0.15) is 19.4 Å². The van der Waals surface area contributed by atoms with Crippen LogP contribution < -0.4 is 5.32 Å². The van der Waals surface area contributed by atoms with Crippen molar-refractivity contribution >= 4 is 10.9 Å². The average molecular weight is 273 g/mol. The van der Waals surface area contributed by atoms with E-state index < -0.39 is 0 Å². The molecule has 3 nitrogen and oxygen atoms in total. The van der Waals surface area contributed by atoms with Crippen molar-refractivity contribution in [2.45, 2.75) is 32.5 Å². The van der Waals surface area contributed by atoms with Crippen LogP contribution in [0.25, 0.3) is 10.9 Å². The van der Waals surface area contributed by atoms with Crippen molar-refractivity contribution in [3.8, 4) is 0 Å². The Bertz CT molecular complexity index is 604. The molecule has 2 heterocycles. The molecule has 1 fully saturated rings. The summed E-state index contributed by atoms with van der Waals surface area (Å²) in [6.45, 7) is 7.11. The predicted octanol–water partition coefficient (Wildman–Crippen LogP) is 2.56. The largest absolute Gasteiger partial charge is 0.314 e. The van der Waals surface area contributed by atoms with E-state index in [9.17, 15) is 4.39 Å². The van der Waals surface area contributed by atoms with E-state index in [1.54, 1.807) is 18.3 Å². The molecule has 1 aromatic carbocycles. The molecule has 4 heteroatoms. The van der Waals surface area contributed by atoms with Gasteiger partial charge < -0.3 is 5.32 Å². The maximum atomic E-state index is 13.8. The summed E-state index contributed by atoms with van der Waals surface area (Å²) in [6, 6.07) is 7.83. The minimum absolute atomic E-state index is 0.184. The van der Waals surface area contributed by atoms with Crippen LogP contribution in [0.4, 0.5) is 4.39 Å². The van der Waals surface area contributed by atoms with Crippen LogP contribution >= 0.6 is 0 Å². The normalized spacial score (nSPS) is 24.1. The number of halogens is 1. The highest BCUT2D eigenvalue weighted by atomic mass is 19.1. The molecule has 2 unspecified atom stereocenters. The molecule has 0 bridgehead atoms. The fraction of sp³-hybridized carbons (Fsp3) is 0.438. The van der Waals surface area contributed by atoms with Gasteiger partial charge in [0.05, 0.1) is 5.52 Å². The van der Waals surface area contributed by atoms with E-state index in [4.69, 9.17) is 0 Å². The minimum Gasteiger partial charge on any atom is -0.314 e. The zero-order valence-corrected chi connectivity index (χ0v) is 11.9. The predicted molar refractivity (Wildman–Crippen MR) is 79.0 cm³/mol. The monoisotopic (exact) mass is 273 g/mol. The molecule has 1 aliphatic rings. The summed E-state index contributed by atoms with van der Waals surface area (Å²) in [5, 5.41) is 4.29. The highest BCUT2D eigenvalue weighted by Gasteiger charge is 2.25. The quantitative estimate of drug-likeness (QED) is 0.911.